The van der Waals surface area contributed by atoms with Gasteiger partial charge in [0, 0.05) is 23.9 Å². The molecule has 0 bridgehead atoms. The molecule has 3 amide bonds. The maximum absolute atomic E-state index is 13.8. The van der Waals surface area contributed by atoms with E-state index < -0.39 is 29.7 Å². The van der Waals surface area contributed by atoms with Crippen LogP contribution in [0.3, 0.4) is 0 Å². The van der Waals surface area contributed by atoms with Crippen molar-refractivity contribution in [3.05, 3.63) is 35.4 Å². The van der Waals surface area contributed by atoms with Crippen LogP contribution >= 0.6 is 12.6 Å². The minimum Gasteiger partial charge on any atom is -0.444 e. The molecule has 2 N–H and O–H groups in total. The average molecular weight is 490 g/mol. The minimum atomic E-state index is -0.990. The molecular formula is C26H39N3O4S. The molecule has 0 saturated heterocycles. The van der Waals surface area contributed by atoms with E-state index in [1.54, 1.807) is 45.0 Å². The zero-order chi connectivity index (χ0) is 25.9. The second kappa shape index (κ2) is 13.9. The normalized spacial score (nSPS) is 13.7. The van der Waals surface area contributed by atoms with Gasteiger partial charge in [0.15, 0.2) is 0 Å². The molecule has 0 fully saturated rings. The summed E-state index contributed by atoms with van der Waals surface area (Å²) in [5.41, 5.74) is 0.363. The first-order valence-corrected chi connectivity index (χ1v) is 12.4. The predicted octanol–water partition coefficient (Wildman–Crippen LogP) is 4.08. The summed E-state index contributed by atoms with van der Waals surface area (Å²) in [5, 5.41) is 5.55. The number of alkyl carbamates (subject to hydrolysis) is 1. The van der Waals surface area contributed by atoms with Gasteiger partial charge in [-0.2, -0.15) is 12.6 Å². The average Bonchev–Trinajstić information content (AvgIpc) is 2.78. The highest BCUT2D eigenvalue weighted by molar-refractivity contribution is 7.80. The number of terminal acetylenes is 1. The zero-order valence-electron chi connectivity index (χ0n) is 21.2. The van der Waals surface area contributed by atoms with E-state index in [4.69, 9.17) is 11.2 Å². The molecule has 0 aromatic heterocycles. The Morgan fingerprint density at radius 1 is 1.21 bits per heavy atom. The summed E-state index contributed by atoms with van der Waals surface area (Å²) < 4.78 is 5.32. The van der Waals surface area contributed by atoms with Crippen LogP contribution in [0.25, 0.3) is 0 Å². The van der Waals surface area contributed by atoms with E-state index in [2.05, 4.69) is 29.2 Å². The summed E-state index contributed by atoms with van der Waals surface area (Å²) in [7, 11) is 0. The molecule has 8 heteroatoms. The van der Waals surface area contributed by atoms with Gasteiger partial charge in [0.05, 0.1) is 0 Å². The van der Waals surface area contributed by atoms with Gasteiger partial charge in [0.2, 0.25) is 11.8 Å². The van der Waals surface area contributed by atoms with Gasteiger partial charge in [-0.1, -0.05) is 44.4 Å². The summed E-state index contributed by atoms with van der Waals surface area (Å²) in [6.45, 7) is 11.5. The molecule has 3 unspecified atom stereocenters. The van der Waals surface area contributed by atoms with Crippen LogP contribution < -0.4 is 10.6 Å². The highest BCUT2D eigenvalue weighted by atomic mass is 32.1. The smallest absolute Gasteiger partial charge is 0.408 e. The number of benzene rings is 1. The van der Waals surface area contributed by atoms with Crippen LogP contribution in [0.4, 0.5) is 4.79 Å². The van der Waals surface area contributed by atoms with Crippen LogP contribution in [0, 0.1) is 12.3 Å². The fraction of sp³-hybridized carbons (Fsp3) is 0.577. The van der Waals surface area contributed by atoms with Gasteiger partial charge in [-0.3, -0.25) is 9.59 Å². The van der Waals surface area contributed by atoms with Crippen LogP contribution in [0.15, 0.2) is 24.3 Å². The van der Waals surface area contributed by atoms with Gasteiger partial charge in [0.1, 0.15) is 17.7 Å². The number of thiol groups is 1. The third-order valence-corrected chi connectivity index (χ3v) is 5.62. The molecule has 0 aliphatic heterocycles. The number of carbonyl (C=O) groups excluding carboxylic acids is 3. The maximum Gasteiger partial charge on any atom is 0.408 e. The van der Waals surface area contributed by atoms with E-state index >= 15 is 0 Å². The highest BCUT2D eigenvalue weighted by Crippen LogP contribution is 2.28. The number of amides is 3. The molecular weight excluding hydrogens is 450 g/mol. The van der Waals surface area contributed by atoms with Crippen molar-refractivity contribution in [1.29, 1.82) is 0 Å². The highest BCUT2D eigenvalue weighted by Gasteiger charge is 2.38. The molecule has 0 aliphatic carbocycles. The first kappa shape index (κ1) is 29.4. The molecule has 0 aliphatic rings. The summed E-state index contributed by atoms with van der Waals surface area (Å²) in [5.74, 6) is 1.91. The van der Waals surface area contributed by atoms with Crippen LogP contribution in [0.5, 0.6) is 0 Å². The SMILES string of the molecule is C#Cc1ccccc1C(C(=O)NCCCC)N(C(=O)C(CS)NC(=O)OC(C)(C)C)C(C)CC. The van der Waals surface area contributed by atoms with Gasteiger partial charge >= 0.3 is 6.09 Å². The molecule has 7 nitrogen and oxygen atoms in total. The fourth-order valence-electron chi connectivity index (χ4n) is 3.38. The zero-order valence-corrected chi connectivity index (χ0v) is 22.1. The van der Waals surface area contributed by atoms with Crippen LogP contribution in [-0.4, -0.2) is 52.8 Å². The number of carbonyl (C=O) groups is 3. The Balaban J connectivity index is 3.47. The second-order valence-corrected chi connectivity index (χ2v) is 9.53. The van der Waals surface area contributed by atoms with E-state index in [0.717, 1.165) is 12.8 Å². The first-order valence-electron chi connectivity index (χ1n) is 11.8. The molecule has 0 spiro atoms. The summed E-state index contributed by atoms with van der Waals surface area (Å²) in [4.78, 5) is 41.2. The second-order valence-electron chi connectivity index (χ2n) is 9.16. The Labute approximate surface area is 209 Å². The Morgan fingerprint density at radius 3 is 2.38 bits per heavy atom. The first-order chi connectivity index (χ1) is 16.0. The number of ether oxygens (including phenoxy) is 1. The minimum absolute atomic E-state index is 0.0337. The van der Waals surface area contributed by atoms with Crippen molar-refractivity contribution < 1.29 is 19.1 Å². The molecule has 0 heterocycles. The number of unbranched alkanes of at least 4 members (excludes halogenated alkanes) is 1. The van der Waals surface area contributed by atoms with Gasteiger partial charge in [-0.15, -0.1) is 6.42 Å². The van der Waals surface area contributed by atoms with Gasteiger partial charge in [-0.25, -0.2) is 4.79 Å². The molecule has 3 atom stereocenters. The predicted molar refractivity (Wildman–Crippen MR) is 139 cm³/mol. The van der Waals surface area contributed by atoms with E-state index in [1.807, 2.05) is 20.8 Å². The van der Waals surface area contributed by atoms with Gasteiger partial charge < -0.3 is 20.3 Å². The number of hydrogen-bond donors (Lipinski definition) is 3. The quantitative estimate of drug-likeness (QED) is 0.248. The van der Waals surface area contributed by atoms with Crippen molar-refractivity contribution in [2.24, 2.45) is 0 Å². The Morgan fingerprint density at radius 2 is 1.85 bits per heavy atom. The molecule has 34 heavy (non-hydrogen) atoms. The lowest BCUT2D eigenvalue weighted by atomic mass is 9.96. The Hall–Kier alpha value is -2.66. The third kappa shape index (κ3) is 8.60. The largest absolute Gasteiger partial charge is 0.444 e. The molecule has 1 rings (SSSR count). The Bertz CT molecular complexity index is 876. The number of rotatable bonds is 11. The van der Waals surface area contributed by atoms with Crippen LogP contribution in [0.1, 0.15) is 78.0 Å². The van der Waals surface area contributed by atoms with Gasteiger partial charge in [0.25, 0.3) is 0 Å². The summed E-state index contributed by atoms with van der Waals surface area (Å²) in [6, 6.07) is 4.82. The standard InChI is InChI=1S/C26H39N3O4S/c1-8-11-16-27-23(30)22(20-15-13-12-14-19(20)10-3)29(18(4)9-2)24(31)21(17-34)28-25(32)33-26(5,6)7/h3,12-15,18,21-22,34H,8-9,11,16-17H2,1-2,4-7H3,(H,27,30)(H,28,32). The van der Waals surface area contributed by atoms with Crippen molar-refractivity contribution in [2.75, 3.05) is 12.3 Å². The number of nitrogens with zero attached hydrogens (tertiary/aromatic N) is 1. The lowest BCUT2D eigenvalue weighted by molar-refractivity contribution is -0.144. The van der Waals surface area contributed by atoms with Crippen LogP contribution in [0.2, 0.25) is 0 Å². The van der Waals surface area contributed by atoms with Crippen molar-refractivity contribution >= 4 is 30.5 Å². The Kier molecular flexibility index (Phi) is 12.0. The van der Waals surface area contributed by atoms with Crippen molar-refractivity contribution in [3.8, 4) is 12.3 Å². The third-order valence-electron chi connectivity index (χ3n) is 5.26. The van der Waals surface area contributed by atoms with E-state index in [1.165, 1.54) is 4.90 Å². The lowest BCUT2D eigenvalue weighted by Crippen LogP contribution is -2.56. The van der Waals surface area contributed by atoms with Gasteiger partial charge in [-0.05, 0) is 52.2 Å². The molecule has 0 saturated carbocycles. The summed E-state index contributed by atoms with van der Waals surface area (Å²) >= 11 is 4.30. The van der Waals surface area contributed by atoms with Crippen molar-refractivity contribution in [3.63, 3.8) is 0 Å². The van der Waals surface area contributed by atoms with Crippen molar-refractivity contribution in [2.45, 2.75) is 84.5 Å². The summed E-state index contributed by atoms with van der Waals surface area (Å²) in [6.07, 6.45) is 7.33. The van der Waals surface area contributed by atoms with E-state index in [-0.39, 0.29) is 17.7 Å². The topological polar surface area (TPSA) is 87.7 Å². The maximum atomic E-state index is 13.8. The fourth-order valence-corrected chi connectivity index (χ4v) is 3.63. The van der Waals surface area contributed by atoms with Crippen LogP contribution in [-0.2, 0) is 14.3 Å². The molecule has 188 valence electrons. The lowest BCUT2D eigenvalue weighted by Gasteiger charge is -2.38. The number of nitrogens with one attached hydrogen (secondary N) is 2. The van der Waals surface area contributed by atoms with E-state index in [9.17, 15) is 14.4 Å². The molecule has 0 radical (unpaired) electrons. The molecule has 1 aromatic rings. The monoisotopic (exact) mass is 489 g/mol. The van der Waals surface area contributed by atoms with E-state index in [0.29, 0.717) is 24.1 Å². The van der Waals surface area contributed by atoms with Crippen molar-refractivity contribution in [1.82, 2.24) is 15.5 Å². The molecule has 1 aromatic carbocycles. The number of hydrogen-bond acceptors (Lipinski definition) is 5.